The molecule has 5 atom stereocenters. The van der Waals surface area contributed by atoms with Crippen LogP contribution >= 0.6 is 11.8 Å². The Morgan fingerprint density at radius 2 is 1.00 bits per heavy atom. The molecule has 0 aliphatic carbocycles. The van der Waals surface area contributed by atoms with Crippen LogP contribution in [0, 0.1) is 6.92 Å². The first-order valence-corrected chi connectivity index (χ1v) is 20.3. The highest BCUT2D eigenvalue weighted by Crippen LogP contribution is 2.39. The molecule has 0 N–H and O–H groups in total. The third kappa shape index (κ3) is 10.8. The van der Waals surface area contributed by atoms with E-state index in [0.717, 1.165) is 34.2 Å². The molecule has 1 fully saturated rings. The quantitative estimate of drug-likeness (QED) is 0.0865. The van der Waals surface area contributed by atoms with Gasteiger partial charge in [-0.15, -0.1) is 11.8 Å². The van der Waals surface area contributed by atoms with Crippen LogP contribution in [0.2, 0.25) is 0 Å². The summed E-state index contributed by atoms with van der Waals surface area (Å²) in [6.45, 7) is 4.16. The molecule has 1 aliphatic rings. The van der Waals surface area contributed by atoms with Gasteiger partial charge in [0.15, 0.2) is 0 Å². The van der Waals surface area contributed by atoms with E-state index in [1.165, 1.54) is 21.6 Å². The van der Waals surface area contributed by atoms with E-state index >= 15 is 0 Å². The average Bonchev–Trinajstić information content (AvgIpc) is 3.24. The maximum atomic E-state index is 7.21. The van der Waals surface area contributed by atoms with Gasteiger partial charge >= 0.3 is 0 Å². The molecule has 0 saturated carbocycles. The van der Waals surface area contributed by atoms with E-state index in [1.54, 1.807) is 11.8 Å². The SMILES string of the molecule is CSc1ccc(Cc2cc([C@@H]3O[C@H](COCc4ccccc4)[C@@H](OCc4ccccc4)[C@H](OCc4ccccc4)[C@H]3OCc3ccccc3)ccc2C)cc1. The van der Waals surface area contributed by atoms with Crippen LogP contribution in [0.5, 0.6) is 0 Å². The van der Waals surface area contributed by atoms with Crippen molar-refractivity contribution in [1.29, 1.82) is 0 Å². The highest BCUT2D eigenvalue weighted by atomic mass is 32.2. The molecule has 6 heteroatoms. The lowest BCUT2D eigenvalue weighted by Crippen LogP contribution is -2.58. The number of hydrogen-bond acceptors (Lipinski definition) is 6. The van der Waals surface area contributed by atoms with Crippen molar-refractivity contribution < 1.29 is 23.7 Å². The van der Waals surface area contributed by atoms with E-state index < -0.39 is 30.5 Å². The Morgan fingerprint density at radius 1 is 0.509 bits per heavy atom. The zero-order chi connectivity index (χ0) is 37.7. The predicted octanol–water partition coefficient (Wildman–Crippen LogP) is 10.7. The van der Waals surface area contributed by atoms with E-state index in [-0.39, 0.29) is 0 Å². The molecule has 5 nitrogen and oxygen atoms in total. The van der Waals surface area contributed by atoms with Crippen LogP contribution in [0.3, 0.4) is 0 Å². The molecule has 6 aromatic rings. The minimum atomic E-state index is -0.494. The van der Waals surface area contributed by atoms with E-state index in [1.807, 2.05) is 72.8 Å². The lowest BCUT2D eigenvalue weighted by Gasteiger charge is -2.46. The van der Waals surface area contributed by atoms with Crippen LogP contribution in [-0.4, -0.2) is 37.3 Å². The van der Waals surface area contributed by atoms with Crippen LogP contribution in [-0.2, 0) is 56.5 Å². The van der Waals surface area contributed by atoms with Crippen molar-refractivity contribution in [2.24, 2.45) is 0 Å². The minimum absolute atomic E-state index is 0.321. The lowest BCUT2D eigenvalue weighted by atomic mass is 9.88. The van der Waals surface area contributed by atoms with Gasteiger partial charge in [-0.05, 0) is 76.2 Å². The van der Waals surface area contributed by atoms with Crippen LogP contribution in [0.15, 0.2) is 169 Å². The summed E-state index contributed by atoms with van der Waals surface area (Å²) in [5, 5.41) is 0. The fourth-order valence-electron chi connectivity index (χ4n) is 7.08. The van der Waals surface area contributed by atoms with E-state index in [4.69, 9.17) is 23.7 Å². The first-order valence-electron chi connectivity index (χ1n) is 19.1. The molecule has 0 amide bonds. The van der Waals surface area contributed by atoms with Crippen LogP contribution in [0.1, 0.15) is 50.6 Å². The van der Waals surface area contributed by atoms with Gasteiger partial charge in [-0.3, -0.25) is 0 Å². The Hall–Kier alpha value is -4.53. The first-order chi connectivity index (χ1) is 27.1. The molecule has 6 aromatic carbocycles. The van der Waals surface area contributed by atoms with Gasteiger partial charge in [0.05, 0.1) is 33.0 Å². The zero-order valence-electron chi connectivity index (χ0n) is 31.7. The van der Waals surface area contributed by atoms with Gasteiger partial charge in [0, 0.05) is 4.90 Å². The molecule has 1 heterocycles. The summed E-state index contributed by atoms with van der Waals surface area (Å²) in [7, 11) is 0. The van der Waals surface area contributed by atoms with Crippen molar-refractivity contribution in [3.63, 3.8) is 0 Å². The van der Waals surface area contributed by atoms with Gasteiger partial charge in [0.1, 0.15) is 30.5 Å². The van der Waals surface area contributed by atoms with Gasteiger partial charge in [-0.1, -0.05) is 152 Å². The Labute approximate surface area is 330 Å². The number of thioether (sulfide) groups is 1. The van der Waals surface area contributed by atoms with E-state index in [2.05, 4.69) is 104 Å². The van der Waals surface area contributed by atoms with Crippen LogP contribution < -0.4 is 0 Å². The Morgan fingerprint density at radius 3 is 1.53 bits per heavy atom. The van der Waals surface area contributed by atoms with Gasteiger partial charge in [-0.25, -0.2) is 0 Å². The second-order valence-electron chi connectivity index (χ2n) is 14.1. The molecule has 1 saturated heterocycles. The number of ether oxygens (including phenoxy) is 5. The average molecular weight is 751 g/mol. The smallest absolute Gasteiger partial charge is 0.117 e. The summed E-state index contributed by atoms with van der Waals surface area (Å²) >= 11 is 1.76. The van der Waals surface area contributed by atoms with Crippen molar-refractivity contribution in [1.82, 2.24) is 0 Å². The molecule has 282 valence electrons. The van der Waals surface area contributed by atoms with Crippen LogP contribution in [0.4, 0.5) is 0 Å². The Balaban J connectivity index is 1.25. The molecule has 0 radical (unpaired) electrons. The minimum Gasteiger partial charge on any atom is -0.374 e. The first kappa shape index (κ1) is 38.7. The standard InChI is InChI=1S/C49H50O5S/c1-36-23-26-42(30-43(36)29-37-24-27-44(55-2)28-25-37)46-48(52-33-40-19-11-5-12-20-40)49(53-34-41-21-13-6-14-22-41)47(51-32-39-17-9-4-10-18-39)45(54-46)35-50-31-38-15-7-3-8-16-38/h3-28,30,45-49H,29,31-35H2,1-2H3/t45-,46+,47-,48+,49+/m1/s1. The van der Waals surface area contributed by atoms with Crippen molar-refractivity contribution in [3.05, 3.63) is 208 Å². The molecule has 0 aromatic heterocycles. The molecule has 55 heavy (non-hydrogen) atoms. The maximum Gasteiger partial charge on any atom is 0.117 e. The Kier molecular flexibility index (Phi) is 14.0. The number of benzene rings is 6. The van der Waals surface area contributed by atoms with Crippen LogP contribution in [0.25, 0.3) is 0 Å². The summed E-state index contributed by atoms with van der Waals surface area (Å²) in [5.74, 6) is 0. The van der Waals surface area contributed by atoms with Gasteiger partial charge in [0.25, 0.3) is 0 Å². The Bertz CT molecular complexity index is 2010. The summed E-state index contributed by atoms with van der Waals surface area (Å²) in [6.07, 6.45) is 0.556. The van der Waals surface area contributed by atoms with Crippen molar-refractivity contribution >= 4 is 11.8 Å². The van der Waals surface area contributed by atoms with Gasteiger partial charge in [-0.2, -0.15) is 0 Å². The lowest BCUT2D eigenvalue weighted by molar-refractivity contribution is -0.275. The van der Waals surface area contributed by atoms with E-state index in [9.17, 15) is 0 Å². The third-order valence-electron chi connectivity index (χ3n) is 10.1. The molecule has 0 unspecified atom stereocenters. The van der Waals surface area contributed by atoms with Gasteiger partial charge < -0.3 is 23.7 Å². The van der Waals surface area contributed by atoms with Crippen molar-refractivity contribution in [2.75, 3.05) is 12.9 Å². The second-order valence-corrected chi connectivity index (χ2v) is 15.0. The van der Waals surface area contributed by atoms with Crippen molar-refractivity contribution in [3.8, 4) is 0 Å². The molecular weight excluding hydrogens is 701 g/mol. The molecule has 0 spiro atoms. The monoisotopic (exact) mass is 750 g/mol. The maximum absolute atomic E-state index is 7.21. The fraction of sp³-hybridized carbons (Fsp3) is 0.265. The number of aryl methyl sites for hydroxylation is 1. The third-order valence-corrected chi connectivity index (χ3v) is 10.9. The van der Waals surface area contributed by atoms with Gasteiger partial charge in [0.2, 0.25) is 0 Å². The second kappa shape index (κ2) is 19.9. The fourth-order valence-corrected chi connectivity index (χ4v) is 7.49. The largest absolute Gasteiger partial charge is 0.374 e. The van der Waals surface area contributed by atoms with Crippen molar-refractivity contribution in [2.45, 2.75) is 75.2 Å². The predicted molar refractivity (Wildman–Crippen MR) is 221 cm³/mol. The number of hydrogen-bond donors (Lipinski definition) is 0. The highest BCUT2D eigenvalue weighted by molar-refractivity contribution is 7.98. The number of rotatable bonds is 17. The summed E-state index contributed by atoms with van der Waals surface area (Å²) < 4.78 is 34.5. The molecule has 1 aliphatic heterocycles. The summed E-state index contributed by atoms with van der Waals surface area (Å²) in [5.41, 5.74) is 9.14. The van der Waals surface area contributed by atoms with E-state index in [0.29, 0.717) is 33.0 Å². The zero-order valence-corrected chi connectivity index (χ0v) is 32.5. The highest BCUT2D eigenvalue weighted by Gasteiger charge is 2.49. The molecule has 0 bridgehead atoms. The summed E-state index contributed by atoms with van der Waals surface area (Å²) in [4.78, 5) is 1.26. The summed E-state index contributed by atoms with van der Waals surface area (Å²) in [6, 6.07) is 56.6. The molecule has 7 rings (SSSR count). The normalized spacial score (nSPS) is 19.6. The molecular formula is C49H50O5S. The topological polar surface area (TPSA) is 46.2 Å².